The summed E-state index contributed by atoms with van der Waals surface area (Å²) in [6.07, 6.45) is 0. The van der Waals surface area contributed by atoms with Crippen molar-refractivity contribution in [1.82, 2.24) is 0 Å². The van der Waals surface area contributed by atoms with Crippen LogP contribution >= 0.6 is 0 Å². The van der Waals surface area contributed by atoms with Crippen molar-refractivity contribution in [2.24, 2.45) is 0 Å². The van der Waals surface area contributed by atoms with Crippen LogP contribution in [-0.4, -0.2) is 16.2 Å². The van der Waals surface area contributed by atoms with Crippen LogP contribution in [0.4, 0.5) is 0 Å². The minimum atomic E-state index is -0.500. The van der Waals surface area contributed by atoms with Gasteiger partial charge in [-0.2, -0.15) is 0 Å². The van der Waals surface area contributed by atoms with Crippen LogP contribution in [-0.2, 0) is 21.1 Å². The zero-order valence-electron chi connectivity index (χ0n) is 16.7. The Hall–Kier alpha value is -0.312. The van der Waals surface area contributed by atoms with Crippen LogP contribution in [0.3, 0.4) is 0 Å². The van der Waals surface area contributed by atoms with Gasteiger partial charge in [0, 0.05) is 5.92 Å². The van der Waals surface area contributed by atoms with Gasteiger partial charge in [0.05, 0.1) is 5.60 Å². The van der Waals surface area contributed by atoms with E-state index < -0.39 is 5.60 Å². The summed E-state index contributed by atoms with van der Waals surface area (Å²) < 4.78 is 0. The van der Waals surface area contributed by atoms with Crippen LogP contribution in [0, 0.1) is 10.8 Å². The van der Waals surface area contributed by atoms with Crippen LogP contribution in [0.1, 0.15) is 76.2 Å². The molecule has 0 atom stereocenters. The summed E-state index contributed by atoms with van der Waals surface area (Å²) >= 11 is 0. The third kappa shape index (κ3) is 21.7. The molecule has 0 saturated heterocycles. The van der Waals surface area contributed by atoms with Crippen molar-refractivity contribution < 1.29 is 26.2 Å². The molecule has 0 aromatic rings. The molecular formula is C18H35MoN2O2. The molecule has 0 heterocycles. The van der Waals surface area contributed by atoms with E-state index >= 15 is 0 Å². The van der Waals surface area contributed by atoms with Crippen molar-refractivity contribution in [1.29, 1.82) is 0 Å². The Labute approximate surface area is 158 Å². The average molecular weight is 407 g/mol. The summed E-state index contributed by atoms with van der Waals surface area (Å²) in [5, 5.41) is 8.52. The van der Waals surface area contributed by atoms with Crippen molar-refractivity contribution in [2.45, 2.75) is 87.3 Å². The molecule has 0 saturated carbocycles. The minimum Gasteiger partial charge on any atom is -0.673 e. The second kappa shape index (κ2) is 13.0. The van der Waals surface area contributed by atoms with Gasteiger partial charge in [-0.1, -0.05) is 38.8 Å². The molecule has 0 amide bonds. The largest absolute Gasteiger partial charge is 2.00 e. The van der Waals surface area contributed by atoms with E-state index in [1.807, 2.05) is 20.8 Å². The first kappa shape index (κ1) is 30.6. The van der Waals surface area contributed by atoms with Crippen molar-refractivity contribution in [3.05, 3.63) is 44.4 Å². The van der Waals surface area contributed by atoms with Gasteiger partial charge in [0.15, 0.2) is 0 Å². The first-order chi connectivity index (χ1) is 9.55. The van der Waals surface area contributed by atoms with Gasteiger partial charge in [0.25, 0.3) is 0 Å². The fraction of sp³-hybridized carbons (Fsp3) is 0.722. The number of hydrogen-bond acceptors (Lipinski definition) is 2. The summed E-state index contributed by atoms with van der Waals surface area (Å²) in [4.78, 5) is 7.25. The van der Waals surface area contributed by atoms with Crippen LogP contribution in [0.5, 0.6) is 0 Å². The van der Waals surface area contributed by atoms with Crippen LogP contribution < -0.4 is 0 Å². The van der Waals surface area contributed by atoms with Crippen LogP contribution in [0.2, 0.25) is 0 Å². The van der Waals surface area contributed by atoms with E-state index in [1.54, 1.807) is 20.8 Å². The molecule has 4 nitrogen and oxygen atoms in total. The van der Waals surface area contributed by atoms with Crippen LogP contribution in [0.25, 0.3) is 11.3 Å². The summed E-state index contributed by atoms with van der Waals surface area (Å²) in [6.45, 7) is 21.8. The number of nitrogens with one attached hydrogen (secondary N) is 1. The number of hydrogen-bond donors (Lipinski definition) is 1. The molecule has 1 rings (SSSR count). The molecule has 1 aliphatic carbocycles. The fourth-order valence-corrected chi connectivity index (χ4v) is 1.41. The maximum atomic E-state index is 8.52. The second-order valence-corrected chi connectivity index (χ2v) is 7.55. The zero-order valence-corrected chi connectivity index (χ0v) is 18.7. The summed E-state index contributed by atoms with van der Waals surface area (Å²) in [6, 6.07) is 0. The summed E-state index contributed by atoms with van der Waals surface area (Å²) in [7, 11) is 0. The van der Waals surface area contributed by atoms with E-state index in [1.165, 1.54) is 28.2 Å². The molecule has 5 heteroatoms. The molecular weight excluding hydrogens is 372 g/mol. The fourth-order valence-electron chi connectivity index (χ4n) is 1.41. The molecule has 0 aromatic heterocycles. The molecule has 1 radical (unpaired) electrons. The number of aliphatic hydroxyl groups is 1. The smallest absolute Gasteiger partial charge is 0.673 e. The maximum Gasteiger partial charge on any atom is 2.00 e. The quantitative estimate of drug-likeness (QED) is 0.485. The third-order valence-corrected chi connectivity index (χ3v) is 2.81. The van der Waals surface area contributed by atoms with Gasteiger partial charge in [-0.05, 0) is 59.6 Å². The number of rotatable bonds is 0. The van der Waals surface area contributed by atoms with Gasteiger partial charge >= 0.3 is 21.1 Å². The first-order valence-electron chi connectivity index (χ1n) is 7.41. The minimum absolute atomic E-state index is 0. The van der Waals surface area contributed by atoms with Gasteiger partial charge in [-0.15, -0.1) is 5.54 Å². The molecule has 23 heavy (non-hydrogen) atoms. The molecule has 2 N–H and O–H groups in total. The van der Waals surface area contributed by atoms with E-state index in [0.717, 1.165) is 0 Å². The number of allylic oxidation sites excluding steroid dienone is 4. The van der Waals surface area contributed by atoms with Crippen LogP contribution in [0.15, 0.2) is 22.3 Å². The van der Waals surface area contributed by atoms with Gasteiger partial charge in [-0.25, -0.2) is 0 Å². The van der Waals surface area contributed by atoms with Crippen molar-refractivity contribution in [3.63, 3.8) is 0 Å². The summed E-state index contributed by atoms with van der Waals surface area (Å²) in [5.74, 6) is 1.47. The van der Waals surface area contributed by atoms with E-state index in [0.29, 0.717) is 0 Å². The molecule has 0 fully saturated rings. The molecule has 1 aliphatic rings. The zero-order chi connectivity index (χ0) is 18.9. The Morgan fingerprint density at radius 1 is 0.739 bits per heavy atom. The molecule has 0 aromatic carbocycles. The Balaban J connectivity index is -0.000000120. The molecule has 135 valence electrons. The SMILES string of the molecule is CC(C)(C)O.CC(C)(C)[NH-].C[C]1C(C)=C(C)C(C)=C1C.[Mo+2].[N-]=O. The van der Waals surface area contributed by atoms with Crippen molar-refractivity contribution in [2.75, 3.05) is 0 Å². The monoisotopic (exact) mass is 409 g/mol. The Morgan fingerprint density at radius 3 is 0.913 bits per heavy atom. The van der Waals surface area contributed by atoms with Gasteiger partial charge in [0.1, 0.15) is 0 Å². The van der Waals surface area contributed by atoms with E-state index in [-0.39, 0.29) is 26.6 Å². The van der Waals surface area contributed by atoms with Crippen molar-refractivity contribution in [3.8, 4) is 0 Å². The Kier molecular flexibility index (Phi) is 17.3. The number of nitrogens with zero attached hydrogens (tertiary/aromatic N) is 1. The van der Waals surface area contributed by atoms with E-state index in [9.17, 15) is 0 Å². The van der Waals surface area contributed by atoms with Gasteiger partial charge in [0.2, 0.25) is 0 Å². The maximum absolute atomic E-state index is 8.52. The first-order valence-corrected chi connectivity index (χ1v) is 7.41. The van der Waals surface area contributed by atoms with Crippen molar-refractivity contribution >= 4 is 0 Å². The topological polar surface area (TPSA) is 83.4 Å². The Bertz CT molecular complexity index is 341. The average Bonchev–Trinajstić information content (AvgIpc) is 2.46. The Morgan fingerprint density at radius 2 is 0.870 bits per heavy atom. The molecule has 0 spiro atoms. The predicted molar refractivity (Wildman–Crippen MR) is 98.4 cm³/mol. The van der Waals surface area contributed by atoms with E-state index in [4.69, 9.17) is 21.3 Å². The normalized spacial score (nSPS) is 14.7. The predicted octanol–water partition coefficient (Wildman–Crippen LogP) is 6.20. The summed E-state index contributed by atoms with van der Waals surface area (Å²) in [5.41, 5.74) is 17.8. The second-order valence-electron chi connectivity index (χ2n) is 7.55. The van der Waals surface area contributed by atoms with Gasteiger partial charge < -0.3 is 21.3 Å². The van der Waals surface area contributed by atoms with Gasteiger partial charge in [-0.3, -0.25) is 0 Å². The molecule has 0 unspecified atom stereocenters. The third-order valence-electron chi connectivity index (χ3n) is 2.81. The number of nitroso groups, excluding NO2 is 1. The standard InChI is InChI=1S/C10H15.C4H10N.C4H10O.Mo.NO/c1-6-7(2)9(4)10(5)8(6)3;2*1-4(2,3)5;;1-2/h1-5H3;2*5H,1-3H3;;/q;-1;;+2;-1. The molecule has 0 aliphatic heterocycles. The van der Waals surface area contributed by atoms with E-state index in [2.05, 4.69) is 34.6 Å². The molecule has 0 bridgehead atoms.